The van der Waals surface area contributed by atoms with Crippen molar-refractivity contribution in [3.63, 3.8) is 0 Å². The fraction of sp³-hybridized carbons (Fsp3) is 0.516. The third-order valence-electron chi connectivity index (χ3n) is 7.29. The number of nitrogens with one attached hydrogen (secondary N) is 2. The maximum atomic E-state index is 13.8. The number of nitrogens with zero attached hydrogens (tertiary/aromatic N) is 1. The number of piperidine rings is 1. The summed E-state index contributed by atoms with van der Waals surface area (Å²) in [5.41, 5.74) is 1.39. The molecule has 3 N–H and O–H groups in total. The lowest BCUT2D eigenvalue weighted by Gasteiger charge is -2.43. The number of hydrogen-bond donors (Lipinski definition) is 3. The Kier molecular flexibility index (Phi) is 11.0. The maximum Gasteiger partial charge on any atom is 0.325 e. The van der Waals surface area contributed by atoms with Gasteiger partial charge in [-0.05, 0) is 61.4 Å². The van der Waals surface area contributed by atoms with Gasteiger partial charge in [-0.2, -0.15) is 0 Å². The van der Waals surface area contributed by atoms with Gasteiger partial charge in [0.15, 0.2) is 0 Å². The third kappa shape index (κ3) is 9.06. The largest absolute Gasteiger partial charge is 0.462 e. The Morgan fingerprint density at radius 2 is 1.78 bits per heavy atom. The summed E-state index contributed by atoms with van der Waals surface area (Å²) in [4.78, 5) is 39.0. The summed E-state index contributed by atoms with van der Waals surface area (Å²) in [6.07, 6.45) is -0.941. The lowest BCUT2D eigenvalue weighted by atomic mass is 9.79. The Morgan fingerprint density at radius 3 is 2.37 bits per heavy atom. The van der Waals surface area contributed by atoms with Gasteiger partial charge in [-0.15, -0.1) is 0 Å². The van der Waals surface area contributed by atoms with E-state index >= 15 is 0 Å². The zero-order valence-electron chi connectivity index (χ0n) is 24.4. The molecule has 3 rings (SSSR count). The van der Waals surface area contributed by atoms with E-state index in [0.717, 1.165) is 29.3 Å². The van der Waals surface area contributed by atoms with Crippen molar-refractivity contribution >= 4 is 17.8 Å². The molecule has 2 amide bonds. The fourth-order valence-electron chi connectivity index (χ4n) is 5.20. The summed E-state index contributed by atoms with van der Waals surface area (Å²) < 4.78 is 32.8. The fourth-order valence-corrected chi connectivity index (χ4v) is 5.20. The van der Waals surface area contributed by atoms with Crippen molar-refractivity contribution < 1.29 is 33.0 Å². The van der Waals surface area contributed by atoms with Crippen LogP contribution in [0.25, 0.3) is 0 Å². The van der Waals surface area contributed by atoms with Crippen LogP contribution in [0.15, 0.2) is 42.5 Å². The van der Waals surface area contributed by atoms with Crippen LogP contribution < -0.4 is 10.6 Å². The monoisotopic (exact) mass is 573 g/mol. The van der Waals surface area contributed by atoms with Crippen molar-refractivity contribution in [2.24, 2.45) is 0 Å². The van der Waals surface area contributed by atoms with E-state index in [1.165, 1.54) is 11.8 Å². The number of esters is 1. The first-order valence-corrected chi connectivity index (χ1v) is 14.0. The summed E-state index contributed by atoms with van der Waals surface area (Å²) in [5, 5.41) is 17.3. The Balaban J connectivity index is 1.84. The normalized spacial score (nSPS) is 18.9. The highest BCUT2D eigenvalue weighted by atomic mass is 19.1. The van der Waals surface area contributed by atoms with Gasteiger partial charge in [0.1, 0.15) is 18.2 Å². The van der Waals surface area contributed by atoms with Crippen molar-refractivity contribution in [2.75, 3.05) is 19.6 Å². The number of carbonyl (C=O) groups is 3. The number of aliphatic hydroxyl groups is 1. The summed E-state index contributed by atoms with van der Waals surface area (Å²) in [6, 6.07) is 10.2. The highest BCUT2D eigenvalue weighted by Crippen LogP contribution is 2.35. The number of amides is 2. The average Bonchev–Trinajstić information content (AvgIpc) is 2.87. The molecule has 0 aromatic heterocycles. The van der Waals surface area contributed by atoms with Crippen LogP contribution in [0.3, 0.4) is 0 Å². The molecule has 8 nitrogen and oxygen atoms in total. The second-order valence-electron chi connectivity index (χ2n) is 11.4. The van der Waals surface area contributed by atoms with Crippen LogP contribution in [0.2, 0.25) is 0 Å². The van der Waals surface area contributed by atoms with Gasteiger partial charge >= 0.3 is 5.97 Å². The zero-order chi connectivity index (χ0) is 30.3. The number of carbonyl (C=O) groups excluding carboxylic acids is 3. The molecule has 1 aliphatic heterocycles. The molecule has 1 heterocycles. The first-order chi connectivity index (χ1) is 19.3. The first kappa shape index (κ1) is 32.1. The standard InChI is InChI=1S/C31H41F2N3O5/c1-19(2)23-7-6-8-24(14-23)31(9-10-36(29(39)16-31)18-30(40)41-20(3)4)34-17-28(38)27(35-21(5)37)13-22-11-25(32)15-26(33)12-22/h6-8,11-12,14-15,19-20,27-28,34,38H,9-10,13,16-18H2,1-5H3,(H,35,37)/t27?,28?,31-/m0/s1. The minimum atomic E-state index is -1.15. The molecule has 0 saturated carbocycles. The Hall–Kier alpha value is -3.37. The number of likely N-dealkylation sites (tertiary alicyclic amines) is 1. The van der Waals surface area contributed by atoms with E-state index in [9.17, 15) is 28.3 Å². The van der Waals surface area contributed by atoms with Crippen LogP contribution in [0.1, 0.15) is 70.1 Å². The van der Waals surface area contributed by atoms with Gasteiger partial charge in [-0.1, -0.05) is 38.1 Å². The molecule has 1 fully saturated rings. The molecule has 1 saturated heterocycles. The van der Waals surface area contributed by atoms with Gasteiger partial charge in [0, 0.05) is 32.5 Å². The molecule has 2 unspecified atom stereocenters. The molecule has 2 aromatic carbocycles. The van der Waals surface area contributed by atoms with Gasteiger partial charge in [0.25, 0.3) is 0 Å². The van der Waals surface area contributed by atoms with Crippen molar-refractivity contribution in [2.45, 2.75) is 83.6 Å². The first-order valence-electron chi connectivity index (χ1n) is 14.0. The number of aliphatic hydroxyl groups excluding tert-OH is 1. The number of rotatable bonds is 12. The van der Waals surface area contributed by atoms with E-state index in [4.69, 9.17) is 4.74 Å². The molecule has 10 heteroatoms. The Morgan fingerprint density at radius 1 is 1.10 bits per heavy atom. The highest BCUT2D eigenvalue weighted by Gasteiger charge is 2.41. The molecular formula is C31H41F2N3O5. The SMILES string of the molecule is CC(=O)NC(Cc1cc(F)cc(F)c1)C(O)CN[C@@]1(c2cccc(C(C)C)c2)CCN(CC(=O)OC(C)C)C(=O)C1. The predicted octanol–water partition coefficient (Wildman–Crippen LogP) is 3.56. The van der Waals surface area contributed by atoms with Crippen molar-refractivity contribution in [3.05, 3.63) is 70.8 Å². The van der Waals surface area contributed by atoms with E-state index in [-0.39, 0.29) is 49.4 Å². The smallest absolute Gasteiger partial charge is 0.325 e. The van der Waals surface area contributed by atoms with Gasteiger partial charge < -0.3 is 25.4 Å². The number of hydrogen-bond acceptors (Lipinski definition) is 6. The average molecular weight is 574 g/mol. The van der Waals surface area contributed by atoms with Gasteiger partial charge in [-0.25, -0.2) is 8.78 Å². The van der Waals surface area contributed by atoms with Crippen molar-refractivity contribution in [1.82, 2.24) is 15.5 Å². The van der Waals surface area contributed by atoms with E-state index in [1.807, 2.05) is 24.3 Å². The zero-order valence-corrected chi connectivity index (χ0v) is 24.4. The van der Waals surface area contributed by atoms with Crippen LogP contribution >= 0.6 is 0 Å². The minimum absolute atomic E-state index is 0.00237. The quantitative estimate of drug-likeness (QED) is 0.335. The highest BCUT2D eigenvalue weighted by molar-refractivity contribution is 5.84. The van der Waals surface area contributed by atoms with E-state index < -0.39 is 41.2 Å². The minimum Gasteiger partial charge on any atom is -0.462 e. The number of benzene rings is 2. The van der Waals surface area contributed by atoms with Crippen LogP contribution in [-0.2, 0) is 31.1 Å². The molecule has 0 spiro atoms. The lowest BCUT2D eigenvalue weighted by molar-refractivity contribution is -0.154. The Labute approximate surface area is 240 Å². The lowest BCUT2D eigenvalue weighted by Crippen LogP contribution is -2.57. The predicted molar refractivity (Wildman–Crippen MR) is 151 cm³/mol. The summed E-state index contributed by atoms with van der Waals surface area (Å²) in [7, 11) is 0. The molecule has 3 atom stereocenters. The van der Waals surface area contributed by atoms with Crippen molar-refractivity contribution in [3.8, 4) is 0 Å². The molecule has 224 valence electrons. The summed E-state index contributed by atoms with van der Waals surface area (Å²) >= 11 is 0. The Bertz CT molecular complexity index is 1220. The van der Waals surface area contributed by atoms with Crippen LogP contribution in [0.4, 0.5) is 8.78 Å². The molecular weight excluding hydrogens is 532 g/mol. The molecule has 0 bridgehead atoms. The summed E-state index contributed by atoms with van der Waals surface area (Å²) in [5.74, 6) is -2.36. The van der Waals surface area contributed by atoms with Crippen LogP contribution in [0, 0.1) is 11.6 Å². The second-order valence-corrected chi connectivity index (χ2v) is 11.4. The second kappa shape index (κ2) is 14.0. The maximum absolute atomic E-state index is 13.8. The molecule has 1 aliphatic rings. The number of ether oxygens (including phenoxy) is 1. The van der Waals surface area contributed by atoms with Crippen molar-refractivity contribution in [1.29, 1.82) is 0 Å². The van der Waals surface area contributed by atoms with E-state index in [0.29, 0.717) is 13.0 Å². The van der Waals surface area contributed by atoms with E-state index in [2.05, 4.69) is 24.5 Å². The van der Waals surface area contributed by atoms with Crippen LogP contribution in [-0.4, -0.2) is 65.7 Å². The topological polar surface area (TPSA) is 108 Å². The molecule has 0 radical (unpaired) electrons. The molecule has 2 aromatic rings. The van der Waals surface area contributed by atoms with Crippen LogP contribution in [0.5, 0.6) is 0 Å². The van der Waals surface area contributed by atoms with Gasteiger partial charge in [0.2, 0.25) is 11.8 Å². The summed E-state index contributed by atoms with van der Waals surface area (Å²) in [6.45, 7) is 9.08. The molecule has 0 aliphatic carbocycles. The third-order valence-corrected chi connectivity index (χ3v) is 7.29. The number of halogens is 2. The van der Waals surface area contributed by atoms with Gasteiger partial charge in [-0.3, -0.25) is 14.4 Å². The molecule has 41 heavy (non-hydrogen) atoms. The van der Waals surface area contributed by atoms with E-state index in [1.54, 1.807) is 13.8 Å². The van der Waals surface area contributed by atoms with Gasteiger partial charge in [0.05, 0.1) is 23.8 Å².